The average Bonchev–Trinajstić information content (AvgIpc) is 3.08. The number of ether oxygens (including phenoxy) is 2. The van der Waals surface area contributed by atoms with Crippen molar-refractivity contribution in [2.45, 2.75) is 52.1 Å². The largest absolute Gasteiger partial charge is 0.490 e. The van der Waals surface area contributed by atoms with Gasteiger partial charge < -0.3 is 9.47 Å². The lowest BCUT2D eigenvalue weighted by Gasteiger charge is -2.24. The van der Waals surface area contributed by atoms with Crippen LogP contribution < -0.4 is 4.74 Å². The van der Waals surface area contributed by atoms with Crippen molar-refractivity contribution in [1.29, 1.82) is 0 Å². The second-order valence-corrected chi connectivity index (χ2v) is 7.27. The molecule has 4 rings (SSSR count). The van der Waals surface area contributed by atoms with E-state index in [0.717, 1.165) is 56.6 Å². The summed E-state index contributed by atoms with van der Waals surface area (Å²) in [6.07, 6.45) is 5.02. The van der Waals surface area contributed by atoms with Gasteiger partial charge in [-0.05, 0) is 84.7 Å². The molecule has 2 aromatic rings. The van der Waals surface area contributed by atoms with Crippen LogP contribution in [0.25, 0.3) is 11.1 Å². The van der Waals surface area contributed by atoms with Crippen molar-refractivity contribution in [2.24, 2.45) is 0 Å². The zero-order valence-electron chi connectivity index (χ0n) is 15.0. The molecule has 0 bridgehead atoms. The first-order valence-corrected chi connectivity index (χ1v) is 9.30. The Labute approximate surface area is 149 Å². The number of hydrogen-bond acceptors (Lipinski definition) is 2. The van der Waals surface area contributed by atoms with Crippen LogP contribution in [0.3, 0.4) is 0 Å². The molecular weight excluding hydrogens is 315 g/mol. The minimum absolute atomic E-state index is 0.0500. The minimum atomic E-state index is -0.0500. The van der Waals surface area contributed by atoms with E-state index in [1.54, 1.807) is 6.07 Å². The summed E-state index contributed by atoms with van der Waals surface area (Å²) in [5.74, 6) is 0.885. The maximum atomic E-state index is 14.1. The fourth-order valence-corrected chi connectivity index (χ4v) is 4.30. The Morgan fingerprint density at radius 3 is 2.40 bits per heavy atom. The second kappa shape index (κ2) is 6.80. The van der Waals surface area contributed by atoms with Crippen LogP contribution in [0.15, 0.2) is 24.3 Å². The number of fused-ring (bicyclic) bond motifs is 1. The molecule has 2 aromatic carbocycles. The summed E-state index contributed by atoms with van der Waals surface area (Å²) in [5, 5.41) is 0. The van der Waals surface area contributed by atoms with Gasteiger partial charge in [-0.15, -0.1) is 0 Å². The molecule has 0 amide bonds. The maximum absolute atomic E-state index is 14.1. The Bertz CT molecular complexity index is 768. The number of rotatable bonds is 3. The van der Waals surface area contributed by atoms with Gasteiger partial charge in [0.2, 0.25) is 0 Å². The fraction of sp³-hybridized carbons (Fsp3) is 0.455. The van der Waals surface area contributed by atoms with E-state index in [2.05, 4.69) is 26.0 Å². The van der Waals surface area contributed by atoms with Gasteiger partial charge in [0.1, 0.15) is 17.7 Å². The van der Waals surface area contributed by atoms with E-state index in [9.17, 15) is 4.39 Å². The van der Waals surface area contributed by atoms with Crippen LogP contribution in [-0.4, -0.2) is 19.3 Å². The third-order valence-electron chi connectivity index (χ3n) is 5.47. The Kier molecular flexibility index (Phi) is 4.51. The Hall–Kier alpha value is -1.87. The number of aryl methyl sites for hydroxylation is 2. The first kappa shape index (κ1) is 16.6. The molecule has 1 aliphatic heterocycles. The molecule has 1 fully saturated rings. The van der Waals surface area contributed by atoms with Crippen LogP contribution in [-0.2, 0) is 17.6 Å². The molecule has 2 nitrogen and oxygen atoms in total. The van der Waals surface area contributed by atoms with Gasteiger partial charge in [-0.3, -0.25) is 0 Å². The normalized spacial score (nSPS) is 17.6. The standard InChI is InChI=1S/C22H25FO2/c1-14-12-17(25-16-8-10-24-11-9-16)13-15(2)22(14)20-6-7-21(23)19-5-3-4-18(19)20/h6-7,12-13,16H,3-5,8-11H2,1-2H3. The number of benzene rings is 2. The highest BCUT2D eigenvalue weighted by molar-refractivity contribution is 5.76. The van der Waals surface area contributed by atoms with Crippen molar-refractivity contribution in [3.8, 4) is 16.9 Å². The van der Waals surface area contributed by atoms with Crippen LogP contribution in [0, 0.1) is 19.7 Å². The lowest BCUT2D eigenvalue weighted by molar-refractivity contribution is 0.0255. The van der Waals surface area contributed by atoms with Gasteiger partial charge in [0.05, 0.1) is 13.2 Å². The summed E-state index contributed by atoms with van der Waals surface area (Å²) in [5.41, 5.74) is 6.94. The first-order chi connectivity index (χ1) is 12.1. The van der Waals surface area contributed by atoms with E-state index in [1.807, 2.05) is 6.07 Å². The first-order valence-electron chi connectivity index (χ1n) is 9.30. The monoisotopic (exact) mass is 340 g/mol. The molecule has 1 saturated heterocycles. The van der Waals surface area contributed by atoms with E-state index < -0.39 is 0 Å². The topological polar surface area (TPSA) is 18.5 Å². The fourth-order valence-electron chi connectivity index (χ4n) is 4.30. The van der Waals surface area contributed by atoms with Crippen LogP contribution in [0.1, 0.15) is 41.5 Å². The van der Waals surface area contributed by atoms with E-state index >= 15 is 0 Å². The lowest BCUT2D eigenvalue weighted by Crippen LogP contribution is -2.25. The van der Waals surface area contributed by atoms with Crippen molar-refractivity contribution in [1.82, 2.24) is 0 Å². The third kappa shape index (κ3) is 3.18. The van der Waals surface area contributed by atoms with Gasteiger partial charge in [-0.2, -0.15) is 0 Å². The highest BCUT2D eigenvalue weighted by atomic mass is 19.1. The highest BCUT2D eigenvalue weighted by Crippen LogP contribution is 2.38. The molecule has 0 saturated carbocycles. The molecule has 2 aliphatic rings. The van der Waals surface area contributed by atoms with Gasteiger partial charge in [0.15, 0.2) is 0 Å². The highest BCUT2D eigenvalue weighted by Gasteiger charge is 2.22. The molecule has 0 aromatic heterocycles. The molecule has 0 atom stereocenters. The minimum Gasteiger partial charge on any atom is -0.490 e. The molecule has 3 heteroatoms. The Morgan fingerprint density at radius 1 is 1.00 bits per heavy atom. The molecule has 25 heavy (non-hydrogen) atoms. The Morgan fingerprint density at radius 2 is 1.68 bits per heavy atom. The third-order valence-corrected chi connectivity index (χ3v) is 5.47. The van der Waals surface area contributed by atoms with Gasteiger partial charge >= 0.3 is 0 Å². The predicted molar refractivity (Wildman–Crippen MR) is 97.8 cm³/mol. The maximum Gasteiger partial charge on any atom is 0.126 e. The SMILES string of the molecule is Cc1cc(OC2CCOCC2)cc(C)c1-c1ccc(F)c2c1CCC2. The molecule has 0 spiro atoms. The van der Waals surface area contributed by atoms with Crippen molar-refractivity contribution in [3.63, 3.8) is 0 Å². The summed E-state index contributed by atoms with van der Waals surface area (Å²) in [4.78, 5) is 0. The van der Waals surface area contributed by atoms with Crippen LogP contribution >= 0.6 is 0 Å². The molecule has 0 unspecified atom stereocenters. The predicted octanol–water partition coefficient (Wildman–Crippen LogP) is 5.16. The van der Waals surface area contributed by atoms with Gasteiger partial charge in [0.25, 0.3) is 0 Å². The average molecular weight is 340 g/mol. The molecule has 1 heterocycles. The number of halogens is 1. The van der Waals surface area contributed by atoms with Gasteiger partial charge in [0, 0.05) is 12.8 Å². The van der Waals surface area contributed by atoms with E-state index in [-0.39, 0.29) is 11.9 Å². The van der Waals surface area contributed by atoms with Crippen LogP contribution in [0.2, 0.25) is 0 Å². The summed E-state index contributed by atoms with van der Waals surface area (Å²) in [6.45, 7) is 5.82. The zero-order valence-corrected chi connectivity index (χ0v) is 15.0. The summed E-state index contributed by atoms with van der Waals surface area (Å²) >= 11 is 0. The smallest absolute Gasteiger partial charge is 0.126 e. The van der Waals surface area contributed by atoms with E-state index in [0.29, 0.717) is 0 Å². The number of hydrogen-bond donors (Lipinski definition) is 0. The second-order valence-electron chi connectivity index (χ2n) is 7.27. The molecular formula is C22H25FO2. The molecule has 132 valence electrons. The lowest BCUT2D eigenvalue weighted by atomic mass is 9.90. The molecule has 0 N–H and O–H groups in total. The van der Waals surface area contributed by atoms with Crippen LogP contribution in [0.4, 0.5) is 4.39 Å². The van der Waals surface area contributed by atoms with E-state index in [4.69, 9.17) is 9.47 Å². The van der Waals surface area contributed by atoms with Crippen LogP contribution in [0.5, 0.6) is 5.75 Å². The summed E-state index contributed by atoms with van der Waals surface area (Å²) < 4.78 is 25.7. The quantitative estimate of drug-likeness (QED) is 0.769. The van der Waals surface area contributed by atoms with Crippen molar-refractivity contribution >= 4 is 0 Å². The summed E-state index contributed by atoms with van der Waals surface area (Å²) in [7, 11) is 0. The zero-order chi connectivity index (χ0) is 17.4. The molecule has 0 radical (unpaired) electrons. The van der Waals surface area contributed by atoms with Crippen molar-refractivity contribution < 1.29 is 13.9 Å². The Balaban J connectivity index is 1.69. The molecule has 1 aliphatic carbocycles. The van der Waals surface area contributed by atoms with Gasteiger partial charge in [-0.1, -0.05) is 6.07 Å². The van der Waals surface area contributed by atoms with Crippen molar-refractivity contribution in [3.05, 3.63) is 52.3 Å². The summed E-state index contributed by atoms with van der Waals surface area (Å²) in [6, 6.07) is 7.84. The van der Waals surface area contributed by atoms with Gasteiger partial charge in [-0.25, -0.2) is 4.39 Å². The van der Waals surface area contributed by atoms with Crippen molar-refractivity contribution in [2.75, 3.05) is 13.2 Å². The van der Waals surface area contributed by atoms with E-state index in [1.165, 1.54) is 27.8 Å².